The van der Waals surface area contributed by atoms with Gasteiger partial charge in [-0.05, 0) is 0 Å². The average molecular weight is 96.2 g/mol. The van der Waals surface area contributed by atoms with Gasteiger partial charge in [-0.3, -0.25) is 0 Å². The summed E-state index contributed by atoms with van der Waals surface area (Å²) in [6, 6.07) is 0. The van der Waals surface area contributed by atoms with Crippen LogP contribution in [0, 0.1) is 0 Å². The third kappa shape index (κ3) is 4.00. The van der Waals surface area contributed by atoms with Crippen LogP contribution < -0.4 is 0 Å². The second-order valence-corrected chi connectivity index (χ2v) is 1.71. The van der Waals surface area contributed by atoms with Gasteiger partial charge in [0.15, 0.2) is 0 Å². The number of hydrogen-bond donors (Lipinski definition) is 0. The topological polar surface area (TPSA) is 0 Å². The number of unbranched alkanes of at least 4 members (excludes halogenated alkanes) is 3. The van der Waals surface area contributed by atoms with Crippen molar-refractivity contribution in [1.29, 1.82) is 0 Å². The Kier molecular flexibility index (Phi) is 5.00. The first-order chi connectivity index (χ1) is 2.91. The van der Waals surface area contributed by atoms with Crippen molar-refractivity contribution < 1.29 is 0 Å². The van der Waals surface area contributed by atoms with Gasteiger partial charge >= 0.3 is 0 Å². The summed E-state index contributed by atoms with van der Waals surface area (Å²) in [6.45, 7) is 4.46. The van der Waals surface area contributed by atoms with Crippen LogP contribution in [0.5, 0.6) is 0 Å². The van der Waals surface area contributed by atoms with Gasteiger partial charge in [0.05, 0.1) is 0 Å². The molecule has 0 N–H and O–H groups in total. The first kappa shape index (κ1) is 6.00. The second-order valence-electron chi connectivity index (χ2n) is 1.71. The molecule has 0 saturated heterocycles. The van der Waals surface area contributed by atoms with Gasteiger partial charge in [-0.25, -0.2) is 0 Å². The fourth-order valence-corrected chi connectivity index (χ4v) is 0.500. The molecule has 0 aromatic carbocycles. The van der Waals surface area contributed by atoms with E-state index in [9.17, 15) is 0 Å². The fraction of sp³-hybridized carbons (Fsp3) is 1.00. The van der Waals surface area contributed by atoms with E-state index in [-0.39, 0.29) is 0 Å². The van der Waals surface area contributed by atoms with Crippen molar-refractivity contribution in [3.8, 4) is 0 Å². The molecule has 0 saturated carbocycles. The van der Waals surface area contributed by atoms with E-state index in [1.54, 1.807) is 0 Å². The quantitative estimate of drug-likeness (QED) is 0.474. The minimum atomic E-state index is 1.36. The zero-order chi connectivity index (χ0) is 4.83. The summed E-state index contributed by atoms with van der Waals surface area (Å²) in [4.78, 5) is 0. The lowest BCUT2D eigenvalue weighted by Crippen LogP contribution is -1.66. The Labute approximate surface area is 40.6 Å². The van der Waals surface area contributed by atoms with Gasteiger partial charge < -0.3 is 0 Å². The average Bonchev–Trinajstić information content (AvgIpc) is 1.61. The summed E-state index contributed by atoms with van der Waals surface area (Å²) in [5, 5.41) is 0. The summed E-state index contributed by atoms with van der Waals surface area (Å²) in [5.41, 5.74) is 0. The third-order valence-corrected chi connectivity index (χ3v) is 0.957. The van der Waals surface area contributed by atoms with Gasteiger partial charge in [0.2, 0.25) is 0 Å². The molecule has 0 nitrogen and oxygen atoms in total. The van der Waals surface area contributed by atoms with E-state index in [1.807, 2.05) is 0 Å². The summed E-state index contributed by atoms with van der Waals surface area (Å²) in [6.07, 6.45) is 5.54. The van der Waals surface area contributed by atoms with Gasteiger partial charge in [0.1, 0.15) is 0 Å². The van der Waals surface area contributed by atoms with Crippen molar-refractivity contribution >= 4 is 0 Å². The van der Waals surface area contributed by atoms with Crippen LogP contribution in [0.15, 0.2) is 0 Å². The van der Waals surface area contributed by atoms with Crippen LogP contribution >= 0.6 is 0 Å². The van der Waals surface area contributed by atoms with E-state index in [2.05, 4.69) is 13.8 Å². The molecule has 0 heterocycles. The smallest absolute Gasteiger partial charge is 0.0536 e. The zero-order valence-electron chi connectivity index (χ0n) is 4.83. The first-order valence-corrected chi connectivity index (χ1v) is 2.91. The molecule has 0 fully saturated rings. The molecule has 0 spiro atoms. The van der Waals surface area contributed by atoms with Gasteiger partial charge in [-0.2, -0.15) is 0 Å². The van der Waals surface area contributed by atoms with Crippen molar-refractivity contribution in [3.05, 3.63) is 0 Å². The van der Waals surface area contributed by atoms with Gasteiger partial charge in [-0.15, -0.1) is 0 Å². The van der Waals surface area contributed by atoms with Crippen LogP contribution in [-0.2, 0) is 0 Å². The molecule has 0 unspecified atom stereocenters. The maximum Gasteiger partial charge on any atom is -0.0536 e. The Balaban J connectivity index is 2.34. The van der Waals surface area contributed by atoms with Crippen molar-refractivity contribution in [2.24, 2.45) is 0 Å². The van der Waals surface area contributed by atoms with Crippen LogP contribution in [0.4, 0.5) is 0 Å². The summed E-state index contributed by atoms with van der Waals surface area (Å²) < 4.78 is 0. The molecule has 0 bridgehead atoms. The van der Waals surface area contributed by atoms with Crippen LogP contribution in [0.25, 0.3) is 0 Å². The molecular weight excluding hydrogens is 82.1 g/mol. The van der Waals surface area contributed by atoms with Crippen LogP contribution in [0.3, 0.4) is 0 Å². The highest BCUT2D eigenvalue weighted by Crippen LogP contribution is 1.95. The van der Waals surface area contributed by atoms with E-state index in [0.717, 1.165) is 0 Å². The first-order valence-electron chi connectivity index (χ1n) is 2.91. The fourth-order valence-electron chi connectivity index (χ4n) is 0.500. The van der Waals surface area contributed by atoms with E-state index in [4.69, 9.17) is 0 Å². The highest BCUT2D eigenvalue weighted by Gasteiger charge is 1.75. The zero-order valence-corrected chi connectivity index (χ0v) is 4.83. The Morgan fingerprint density at radius 1 is 1.33 bits per heavy atom. The molecule has 0 heteroatoms. The van der Waals surface area contributed by atoms with Gasteiger partial charge in [0.25, 0.3) is 0 Å². The summed E-state index contributed by atoms with van der Waals surface area (Å²) in [7, 11) is 0. The normalized spacial score (nSPS) is 9.00. The summed E-state index contributed by atoms with van der Waals surface area (Å²) >= 11 is 0. The molecule has 0 rings (SSSR count). The van der Waals surface area contributed by atoms with Gasteiger partial charge in [-0.1, -0.05) is 39.5 Å². The van der Waals surface area contributed by atoms with E-state index < -0.39 is 0 Å². The Morgan fingerprint density at radius 2 is 2.00 bits per heavy atom. The number of rotatable bonds is 3. The number of hydrogen-bond acceptors (Lipinski definition) is 0. The van der Waals surface area contributed by atoms with Gasteiger partial charge in [0, 0.05) is 0 Å². The van der Waals surface area contributed by atoms with Crippen LogP contribution in [0.1, 0.15) is 39.5 Å². The molecule has 0 aromatic heterocycles. The SMILES string of the molecule is CCCCC[22CH3]. The van der Waals surface area contributed by atoms with Crippen molar-refractivity contribution in [2.75, 3.05) is 0 Å². The van der Waals surface area contributed by atoms with E-state index >= 15 is 0 Å². The Hall–Kier alpha value is 0. The minimum Gasteiger partial charge on any atom is -0.0654 e. The van der Waals surface area contributed by atoms with Crippen LogP contribution in [0.2, 0.25) is 0 Å². The molecule has 6 heavy (non-hydrogen) atoms. The third-order valence-electron chi connectivity index (χ3n) is 0.957. The lowest BCUT2D eigenvalue weighted by molar-refractivity contribution is 0.702. The van der Waals surface area contributed by atoms with E-state index in [1.165, 1.54) is 25.7 Å². The predicted octanol–water partition coefficient (Wildman–Crippen LogP) is 2.59. The highest BCUT2D eigenvalue weighted by molar-refractivity contribution is 4.31. The van der Waals surface area contributed by atoms with E-state index in [0.29, 0.717) is 0 Å². The standard InChI is InChI=1S/C6H14/c1-3-5-6-4-2/h3-6H2,1-2H3/i1+10. The summed E-state index contributed by atoms with van der Waals surface area (Å²) in [5.74, 6) is 0. The lowest BCUT2D eigenvalue weighted by Gasteiger charge is -1.86. The minimum absolute atomic E-state index is 1.36. The second kappa shape index (κ2) is 5.00. The van der Waals surface area contributed by atoms with Crippen molar-refractivity contribution in [1.82, 2.24) is 0 Å². The van der Waals surface area contributed by atoms with Crippen LogP contribution in [-0.4, -0.2) is 0 Å². The molecule has 0 radical (unpaired) electrons. The predicted molar refractivity (Wildman–Crippen MR) is 29.8 cm³/mol. The molecular formula is C6H14. The largest absolute Gasteiger partial charge is 0.0654 e. The Morgan fingerprint density at radius 3 is 2.17 bits per heavy atom. The molecule has 0 aromatic rings. The molecule has 0 amide bonds. The maximum atomic E-state index is 2.23. The molecule has 0 aliphatic rings. The molecule has 38 valence electrons. The monoisotopic (exact) mass is 96.2 g/mol. The maximum absolute atomic E-state index is 2.23. The van der Waals surface area contributed by atoms with Crippen molar-refractivity contribution in [2.45, 2.75) is 39.5 Å². The molecule has 0 aliphatic heterocycles. The Bertz CT molecular complexity index is 12.0. The highest BCUT2D eigenvalue weighted by atomic mass is 22.2. The van der Waals surface area contributed by atoms with Crippen molar-refractivity contribution in [3.63, 3.8) is 0 Å². The molecule has 0 atom stereocenters. The lowest BCUT2D eigenvalue weighted by atomic mass is 10.3. The molecule has 0 aliphatic carbocycles.